The molecule has 2 N–H and O–H groups in total. The van der Waals surface area contributed by atoms with Gasteiger partial charge in [-0.2, -0.15) is 0 Å². The first-order chi connectivity index (χ1) is 14.8. The lowest BCUT2D eigenvalue weighted by molar-refractivity contribution is -0.116. The van der Waals surface area contributed by atoms with Crippen molar-refractivity contribution < 1.29 is 13.2 Å². The molecule has 0 fully saturated rings. The summed E-state index contributed by atoms with van der Waals surface area (Å²) in [6.07, 6.45) is 3.84. The van der Waals surface area contributed by atoms with Crippen LogP contribution in [0.15, 0.2) is 58.4 Å². The number of amides is 1. The minimum atomic E-state index is -3.49. The monoisotopic (exact) mass is 442 g/mol. The van der Waals surface area contributed by atoms with Crippen LogP contribution in [0.2, 0.25) is 0 Å². The van der Waals surface area contributed by atoms with E-state index in [0.29, 0.717) is 24.4 Å². The first-order valence-corrected chi connectivity index (χ1v) is 12.0. The van der Waals surface area contributed by atoms with Crippen LogP contribution in [0.1, 0.15) is 36.8 Å². The van der Waals surface area contributed by atoms with Crippen molar-refractivity contribution in [3.05, 3.63) is 59.7 Å². The lowest BCUT2D eigenvalue weighted by Gasteiger charge is -2.10. The molecule has 7 nitrogen and oxygen atoms in total. The van der Waals surface area contributed by atoms with E-state index in [9.17, 15) is 13.2 Å². The van der Waals surface area contributed by atoms with Crippen LogP contribution in [0.25, 0.3) is 0 Å². The van der Waals surface area contributed by atoms with E-state index in [0.717, 1.165) is 37.9 Å². The quantitative estimate of drug-likeness (QED) is 0.554. The van der Waals surface area contributed by atoms with Crippen molar-refractivity contribution in [3.63, 3.8) is 0 Å². The number of aliphatic imine (C=N–C) groups is 1. The van der Waals surface area contributed by atoms with Gasteiger partial charge in [0.05, 0.1) is 4.90 Å². The molecule has 0 aliphatic carbocycles. The summed E-state index contributed by atoms with van der Waals surface area (Å²) >= 11 is 0. The van der Waals surface area contributed by atoms with Crippen LogP contribution in [-0.2, 0) is 21.2 Å². The van der Waals surface area contributed by atoms with Crippen LogP contribution < -0.4 is 10.0 Å². The SMILES string of the molecule is CN(C)CCc1ccc(NC(=O)CCCCCN=C2NS(=O)(=O)c3ccccc32)cc1. The Hall–Kier alpha value is -2.71. The highest BCUT2D eigenvalue weighted by molar-refractivity contribution is 7.90. The summed E-state index contributed by atoms with van der Waals surface area (Å²) < 4.78 is 26.6. The maximum absolute atomic E-state index is 12.1. The van der Waals surface area contributed by atoms with Gasteiger partial charge in [-0.15, -0.1) is 0 Å². The molecule has 8 heteroatoms. The van der Waals surface area contributed by atoms with Gasteiger partial charge in [0.1, 0.15) is 5.84 Å². The molecule has 3 rings (SSSR count). The maximum atomic E-state index is 12.1. The minimum Gasteiger partial charge on any atom is -0.326 e. The molecule has 1 aliphatic heterocycles. The summed E-state index contributed by atoms with van der Waals surface area (Å²) in [5, 5.41) is 2.94. The number of anilines is 1. The summed E-state index contributed by atoms with van der Waals surface area (Å²) in [5.41, 5.74) is 2.69. The predicted molar refractivity (Wildman–Crippen MR) is 124 cm³/mol. The number of benzene rings is 2. The largest absolute Gasteiger partial charge is 0.326 e. The highest BCUT2D eigenvalue weighted by Gasteiger charge is 2.29. The molecule has 0 aromatic heterocycles. The minimum absolute atomic E-state index is 0.00448. The molecule has 0 saturated carbocycles. The van der Waals surface area contributed by atoms with Crippen LogP contribution in [0.5, 0.6) is 0 Å². The predicted octanol–water partition coefficient (Wildman–Crippen LogP) is 3.03. The lowest BCUT2D eigenvalue weighted by atomic mass is 10.1. The zero-order chi connectivity index (χ0) is 22.3. The summed E-state index contributed by atoms with van der Waals surface area (Å²) in [6.45, 7) is 1.51. The molecule has 31 heavy (non-hydrogen) atoms. The molecule has 1 heterocycles. The van der Waals surface area contributed by atoms with Gasteiger partial charge in [-0.3, -0.25) is 14.5 Å². The number of carbonyl (C=O) groups excluding carboxylic acids is 1. The molecule has 1 amide bonds. The number of sulfonamides is 1. The molecular formula is C23H30N4O3S. The summed E-state index contributed by atoms with van der Waals surface area (Å²) in [4.78, 5) is 19.0. The molecule has 2 aromatic rings. The van der Waals surface area contributed by atoms with Crippen molar-refractivity contribution in [2.75, 3.05) is 32.5 Å². The van der Waals surface area contributed by atoms with Crippen molar-refractivity contribution in [2.45, 2.75) is 37.0 Å². The van der Waals surface area contributed by atoms with Crippen molar-refractivity contribution >= 4 is 27.5 Å². The Balaban J connectivity index is 1.36. The number of nitrogens with one attached hydrogen (secondary N) is 2. The average molecular weight is 443 g/mol. The molecule has 2 aromatic carbocycles. The van der Waals surface area contributed by atoms with E-state index < -0.39 is 10.0 Å². The Kier molecular flexibility index (Phi) is 7.81. The van der Waals surface area contributed by atoms with Crippen molar-refractivity contribution in [1.29, 1.82) is 0 Å². The Morgan fingerprint density at radius 2 is 1.77 bits per heavy atom. The standard InChI is InChI=1S/C23H30N4O3S/c1-27(2)17-15-18-11-13-19(14-12-18)25-22(28)10-4-3-7-16-24-23-20-8-5-6-9-21(20)31(29,30)26-23/h5-6,8-9,11-14H,3-4,7,10,15-17H2,1-2H3,(H,24,26)(H,25,28). The normalized spacial score (nSPS) is 15.6. The Labute approximate surface area is 184 Å². The second-order valence-corrected chi connectivity index (χ2v) is 9.59. The molecule has 1 aliphatic rings. The number of carbonyl (C=O) groups is 1. The molecule has 0 bridgehead atoms. The third kappa shape index (κ3) is 6.63. The van der Waals surface area contributed by atoms with Gasteiger partial charge in [0, 0.05) is 30.8 Å². The first kappa shape index (κ1) is 23.0. The number of hydrogen-bond donors (Lipinski definition) is 2. The average Bonchev–Trinajstić information content (AvgIpc) is 3.00. The van der Waals surface area contributed by atoms with Gasteiger partial charge < -0.3 is 10.2 Å². The van der Waals surface area contributed by atoms with Gasteiger partial charge in [-0.1, -0.05) is 30.7 Å². The second kappa shape index (κ2) is 10.5. The number of fused-ring (bicyclic) bond motifs is 1. The molecule has 166 valence electrons. The van der Waals surface area contributed by atoms with Crippen LogP contribution in [0.3, 0.4) is 0 Å². The van der Waals surface area contributed by atoms with Crippen LogP contribution in [0.4, 0.5) is 5.69 Å². The summed E-state index contributed by atoms with van der Waals surface area (Å²) in [6, 6.07) is 14.8. The molecule has 0 radical (unpaired) electrons. The lowest BCUT2D eigenvalue weighted by Crippen LogP contribution is -2.22. The second-order valence-electron chi connectivity index (χ2n) is 7.94. The molecule has 0 spiro atoms. The number of rotatable bonds is 10. The van der Waals surface area contributed by atoms with Crippen molar-refractivity contribution in [1.82, 2.24) is 9.62 Å². The third-order valence-corrected chi connectivity index (χ3v) is 6.48. The van der Waals surface area contributed by atoms with E-state index in [1.807, 2.05) is 24.3 Å². The van der Waals surface area contributed by atoms with Gasteiger partial charge in [-0.05, 0) is 63.2 Å². The van der Waals surface area contributed by atoms with E-state index in [4.69, 9.17) is 0 Å². The van der Waals surface area contributed by atoms with E-state index in [1.165, 1.54) is 5.56 Å². The fourth-order valence-electron chi connectivity index (χ4n) is 3.35. The van der Waals surface area contributed by atoms with Crippen LogP contribution >= 0.6 is 0 Å². The van der Waals surface area contributed by atoms with E-state index in [-0.39, 0.29) is 10.8 Å². The van der Waals surface area contributed by atoms with Crippen molar-refractivity contribution in [2.24, 2.45) is 4.99 Å². The number of nitrogens with zero attached hydrogens (tertiary/aromatic N) is 2. The fraction of sp³-hybridized carbons (Fsp3) is 0.391. The number of hydrogen-bond acceptors (Lipinski definition) is 5. The number of unbranched alkanes of at least 4 members (excludes halogenated alkanes) is 2. The van der Waals surface area contributed by atoms with Gasteiger partial charge in [-0.25, -0.2) is 8.42 Å². The molecule has 0 atom stereocenters. The summed E-state index contributed by atoms with van der Waals surface area (Å²) in [5.74, 6) is 0.409. The smallest absolute Gasteiger partial charge is 0.263 e. The number of likely N-dealkylation sites (N-methyl/N-ethyl adjacent to an activating group) is 1. The molecule has 0 saturated heterocycles. The van der Waals surface area contributed by atoms with Crippen LogP contribution in [0, 0.1) is 0 Å². The van der Waals surface area contributed by atoms with Gasteiger partial charge in [0.2, 0.25) is 5.91 Å². The highest BCUT2D eigenvalue weighted by atomic mass is 32.2. The zero-order valence-corrected chi connectivity index (χ0v) is 18.9. The van der Waals surface area contributed by atoms with E-state index >= 15 is 0 Å². The van der Waals surface area contributed by atoms with E-state index in [1.54, 1.807) is 24.3 Å². The Morgan fingerprint density at radius 3 is 2.52 bits per heavy atom. The first-order valence-electron chi connectivity index (χ1n) is 10.6. The van der Waals surface area contributed by atoms with Gasteiger partial charge in [0.15, 0.2) is 0 Å². The summed E-state index contributed by atoms with van der Waals surface area (Å²) in [7, 11) is 0.615. The molecular weight excluding hydrogens is 412 g/mol. The molecule has 0 unspecified atom stereocenters. The Morgan fingerprint density at radius 1 is 1.03 bits per heavy atom. The van der Waals surface area contributed by atoms with Crippen molar-refractivity contribution in [3.8, 4) is 0 Å². The third-order valence-electron chi connectivity index (χ3n) is 5.08. The zero-order valence-electron chi connectivity index (χ0n) is 18.1. The van der Waals surface area contributed by atoms with Gasteiger partial charge in [0.25, 0.3) is 10.0 Å². The highest BCUT2D eigenvalue weighted by Crippen LogP contribution is 2.22. The maximum Gasteiger partial charge on any atom is 0.263 e. The van der Waals surface area contributed by atoms with E-state index in [2.05, 4.69) is 34.0 Å². The number of amidine groups is 1. The topological polar surface area (TPSA) is 90.9 Å². The van der Waals surface area contributed by atoms with Gasteiger partial charge >= 0.3 is 0 Å². The Bertz CT molecular complexity index is 1030. The van der Waals surface area contributed by atoms with Crippen LogP contribution in [-0.4, -0.2) is 52.2 Å². The fourth-order valence-corrected chi connectivity index (χ4v) is 4.60.